The molecule has 2 heterocycles. The first-order valence-electron chi connectivity index (χ1n) is 4.94. The Hall–Kier alpha value is -1.98. The molecule has 0 saturated carbocycles. The standard InChI is InChI=1S/C10H14N6/c1-10(2,3)5-4-13-8-6(14-5)7(11)15-9(12)16-8/h4H,1-3H3,(H4,11,12,13,15,16). The lowest BCUT2D eigenvalue weighted by atomic mass is 9.93. The molecule has 2 aromatic rings. The van der Waals surface area contributed by atoms with E-state index in [0.717, 1.165) is 5.69 Å². The molecule has 6 nitrogen and oxygen atoms in total. The number of hydrogen-bond acceptors (Lipinski definition) is 6. The van der Waals surface area contributed by atoms with Gasteiger partial charge in [0.1, 0.15) is 0 Å². The van der Waals surface area contributed by atoms with Crippen LogP contribution in [0.2, 0.25) is 0 Å². The van der Waals surface area contributed by atoms with Gasteiger partial charge in [-0.05, 0) is 0 Å². The van der Waals surface area contributed by atoms with E-state index in [-0.39, 0.29) is 17.2 Å². The molecule has 2 rings (SSSR count). The van der Waals surface area contributed by atoms with Crippen LogP contribution in [0.1, 0.15) is 26.5 Å². The minimum atomic E-state index is -0.0883. The minimum Gasteiger partial charge on any atom is -0.382 e. The van der Waals surface area contributed by atoms with Crippen LogP contribution in [0, 0.1) is 0 Å². The Bertz CT molecular complexity index is 543. The second-order valence-corrected chi connectivity index (χ2v) is 4.64. The van der Waals surface area contributed by atoms with Gasteiger partial charge in [0.15, 0.2) is 17.0 Å². The summed E-state index contributed by atoms with van der Waals surface area (Å²) in [5, 5.41) is 0. The molecule has 0 aliphatic heterocycles. The lowest BCUT2D eigenvalue weighted by Gasteiger charge is -2.17. The molecule has 16 heavy (non-hydrogen) atoms. The van der Waals surface area contributed by atoms with Crippen molar-refractivity contribution in [3.63, 3.8) is 0 Å². The third kappa shape index (κ3) is 1.73. The number of nitrogen functional groups attached to an aromatic ring is 2. The molecule has 0 aliphatic rings. The van der Waals surface area contributed by atoms with E-state index in [4.69, 9.17) is 11.5 Å². The zero-order valence-corrected chi connectivity index (χ0v) is 9.52. The Kier molecular flexibility index (Phi) is 2.15. The van der Waals surface area contributed by atoms with Crippen molar-refractivity contribution in [1.29, 1.82) is 0 Å². The number of nitrogens with zero attached hydrogens (tertiary/aromatic N) is 4. The van der Waals surface area contributed by atoms with Gasteiger partial charge in [0, 0.05) is 5.41 Å². The zero-order chi connectivity index (χ0) is 11.9. The van der Waals surface area contributed by atoms with Crippen LogP contribution in [0.25, 0.3) is 11.2 Å². The molecule has 6 heteroatoms. The van der Waals surface area contributed by atoms with E-state index in [1.807, 2.05) is 0 Å². The van der Waals surface area contributed by atoms with Gasteiger partial charge in [-0.25, -0.2) is 9.97 Å². The molecule has 0 aromatic carbocycles. The minimum absolute atomic E-state index is 0.0883. The van der Waals surface area contributed by atoms with Crippen molar-refractivity contribution in [2.24, 2.45) is 0 Å². The number of rotatable bonds is 0. The molecule has 84 valence electrons. The summed E-state index contributed by atoms with van der Waals surface area (Å²) in [5.41, 5.74) is 12.9. The summed E-state index contributed by atoms with van der Waals surface area (Å²) in [6, 6.07) is 0. The largest absolute Gasteiger partial charge is 0.382 e. The van der Waals surface area contributed by atoms with Gasteiger partial charge in [0.05, 0.1) is 11.9 Å². The van der Waals surface area contributed by atoms with Crippen molar-refractivity contribution >= 4 is 22.9 Å². The molecular formula is C10H14N6. The van der Waals surface area contributed by atoms with Crippen LogP contribution in [0.4, 0.5) is 11.8 Å². The van der Waals surface area contributed by atoms with E-state index in [1.165, 1.54) is 0 Å². The lowest BCUT2D eigenvalue weighted by molar-refractivity contribution is 0.568. The van der Waals surface area contributed by atoms with Gasteiger partial charge in [-0.15, -0.1) is 0 Å². The fourth-order valence-corrected chi connectivity index (χ4v) is 1.31. The van der Waals surface area contributed by atoms with Gasteiger partial charge in [-0.3, -0.25) is 0 Å². The van der Waals surface area contributed by atoms with E-state index >= 15 is 0 Å². The van der Waals surface area contributed by atoms with Crippen molar-refractivity contribution in [1.82, 2.24) is 19.9 Å². The third-order valence-corrected chi connectivity index (χ3v) is 2.22. The van der Waals surface area contributed by atoms with Crippen molar-refractivity contribution in [2.75, 3.05) is 11.5 Å². The molecule has 2 aromatic heterocycles. The summed E-state index contributed by atoms with van der Waals surface area (Å²) in [7, 11) is 0. The Morgan fingerprint density at radius 2 is 1.75 bits per heavy atom. The maximum atomic E-state index is 5.74. The molecule has 0 saturated heterocycles. The summed E-state index contributed by atoms with van der Waals surface area (Å²) in [6.07, 6.45) is 1.69. The molecule has 0 atom stereocenters. The second-order valence-electron chi connectivity index (χ2n) is 4.64. The maximum Gasteiger partial charge on any atom is 0.224 e. The highest BCUT2D eigenvalue weighted by atomic mass is 15.1. The summed E-state index contributed by atoms with van der Waals surface area (Å²) >= 11 is 0. The van der Waals surface area contributed by atoms with Crippen LogP contribution in [0.3, 0.4) is 0 Å². The number of hydrogen-bond donors (Lipinski definition) is 2. The van der Waals surface area contributed by atoms with E-state index in [2.05, 4.69) is 40.7 Å². The normalized spacial score (nSPS) is 11.9. The molecule has 0 radical (unpaired) electrons. The Labute approximate surface area is 93.1 Å². The summed E-state index contributed by atoms with van der Waals surface area (Å²) in [4.78, 5) is 16.5. The van der Waals surface area contributed by atoms with Gasteiger partial charge in [-0.2, -0.15) is 9.97 Å². The molecule has 0 aliphatic carbocycles. The average molecular weight is 218 g/mol. The molecular weight excluding hydrogens is 204 g/mol. The SMILES string of the molecule is CC(C)(C)c1cnc2nc(N)nc(N)c2n1. The van der Waals surface area contributed by atoms with Crippen LogP contribution >= 0.6 is 0 Å². The molecule has 0 unspecified atom stereocenters. The van der Waals surface area contributed by atoms with Gasteiger partial charge in [0.25, 0.3) is 0 Å². The molecule has 0 bridgehead atoms. The van der Waals surface area contributed by atoms with E-state index in [9.17, 15) is 0 Å². The summed E-state index contributed by atoms with van der Waals surface area (Å²) < 4.78 is 0. The lowest BCUT2D eigenvalue weighted by Crippen LogP contribution is -2.15. The van der Waals surface area contributed by atoms with Gasteiger partial charge < -0.3 is 11.5 Å². The Morgan fingerprint density at radius 3 is 2.38 bits per heavy atom. The Morgan fingerprint density at radius 1 is 1.06 bits per heavy atom. The highest BCUT2D eigenvalue weighted by Crippen LogP contribution is 2.22. The van der Waals surface area contributed by atoms with Crippen molar-refractivity contribution in [3.05, 3.63) is 11.9 Å². The average Bonchev–Trinajstić information content (AvgIpc) is 2.15. The first-order chi connectivity index (χ1) is 7.38. The highest BCUT2D eigenvalue weighted by molar-refractivity contribution is 5.81. The van der Waals surface area contributed by atoms with Crippen LogP contribution in [0.5, 0.6) is 0 Å². The third-order valence-electron chi connectivity index (χ3n) is 2.22. The first kappa shape index (κ1) is 10.5. The number of fused-ring (bicyclic) bond motifs is 1. The zero-order valence-electron chi connectivity index (χ0n) is 9.52. The summed E-state index contributed by atoms with van der Waals surface area (Å²) in [5.74, 6) is 0.379. The number of nitrogens with two attached hydrogens (primary N) is 2. The smallest absolute Gasteiger partial charge is 0.224 e. The highest BCUT2D eigenvalue weighted by Gasteiger charge is 2.17. The monoisotopic (exact) mass is 218 g/mol. The number of anilines is 2. The molecule has 4 N–H and O–H groups in total. The topological polar surface area (TPSA) is 104 Å². The first-order valence-corrected chi connectivity index (χ1v) is 4.94. The maximum absolute atomic E-state index is 5.74. The van der Waals surface area contributed by atoms with Crippen LogP contribution in [-0.2, 0) is 5.41 Å². The quantitative estimate of drug-likeness (QED) is 0.680. The van der Waals surface area contributed by atoms with Crippen LogP contribution in [0.15, 0.2) is 6.20 Å². The van der Waals surface area contributed by atoms with Gasteiger partial charge in [-0.1, -0.05) is 20.8 Å². The van der Waals surface area contributed by atoms with E-state index in [1.54, 1.807) is 6.20 Å². The van der Waals surface area contributed by atoms with Gasteiger partial charge >= 0.3 is 0 Å². The fraction of sp³-hybridized carbons (Fsp3) is 0.400. The van der Waals surface area contributed by atoms with E-state index < -0.39 is 0 Å². The van der Waals surface area contributed by atoms with Crippen LogP contribution < -0.4 is 11.5 Å². The fourth-order valence-electron chi connectivity index (χ4n) is 1.31. The second kappa shape index (κ2) is 3.26. The molecule has 0 spiro atoms. The molecule has 0 fully saturated rings. The van der Waals surface area contributed by atoms with Crippen LogP contribution in [-0.4, -0.2) is 19.9 Å². The predicted molar refractivity (Wildman–Crippen MR) is 62.7 cm³/mol. The van der Waals surface area contributed by atoms with Crippen molar-refractivity contribution < 1.29 is 0 Å². The molecule has 0 amide bonds. The van der Waals surface area contributed by atoms with E-state index in [0.29, 0.717) is 11.2 Å². The predicted octanol–water partition coefficient (Wildman–Crippen LogP) is 0.882. The Balaban J connectivity index is 2.72. The van der Waals surface area contributed by atoms with Crippen molar-refractivity contribution in [2.45, 2.75) is 26.2 Å². The number of aromatic nitrogens is 4. The van der Waals surface area contributed by atoms with Gasteiger partial charge in [0.2, 0.25) is 5.95 Å². The van der Waals surface area contributed by atoms with Crippen molar-refractivity contribution in [3.8, 4) is 0 Å². The summed E-state index contributed by atoms with van der Waals surface area (Å²) in [6.45, 7) is 6.16.